The summed E-state index contributed by atoms with van der Waals surface area (Å²) < 4.78 is 5.44. The number of Topliss-reactive ketones (excluding diaryl/α,β-unsaturated/α-hetero) is 1. The molecule has 1 aromatic rings. The summed E-state index contributed by atoms with van der Waals surface area (Å²) in [5.74, 6) is 0.512. The van der Waals surface area contributed by atoms with Crippen LogP contribution in [0.3, 0.4) is 0 Å². The highest BCUT2D eigenvalue weighted by Gasteiger charge is 2.11. The molecule has 0 saturated carbocycles. The van der Waals surface area contributed by atoms with E-state index in [1.165, 1.54) is 0 Å². The standard InChI is InChI=1S/C17H21NO3/c1-4-11-18(12-5-2)17(20)13-21-15-9-7-14(8-10-15)16(19)6-3/h4-5,7-10H,1-2,6,11-13H2,3H3. The van der Waals surface area contributed by atoms with Crippen LogP contribution in [0.5, 0.6) is 5.75 Å². The summed E-state index contributed by atoms with van der Waals surface area (Å²) in [5.41, 5.74) is 0.649. The molecule has 0 fully saturated rings. The number of carbonyl (C=O) groups excluding carboxylic acids is 2. The molecular weight excluding hydrogens is 266 g/mol. The van der Waals surface area contributed by atoms with E-state index in [0.29, 0.717) is 30.8 Å². The number of ether oxygens (including phenoxy) is 1. The normalized spacial score (nSPS) is 9.76. The molecule has 1 aromatic carbocycles. The zero-order valence-corrected chi connectivity index (χ0v) is 12.4. The molecule has 0 bridgehead atoms. The number of benzene rings is 1. The average Bonchev–Trinajstić information content (AvgIpc) is 2.52. The van der Waals surface area contributed by atoms with Crippen molar-refractivity contribution in [1.29, 1.82) is 0 Å². The first-order chi connectivity index (χ1) is 10.1. The van der Waals surface area contributed by atoms with Crippen molar-refractivity contribution in [2.24, 2.45) is 0 Å². The molecule has 4 heteroatoms. The van der Waals surface area contributed by atoms with Crippen LogP contribution in [-0.2, 0) is 4.79 Å². The third-order valence-electron chi connectivity index (χ3n) is 2.91. The molecule has 0 heterocycles. The van der Waals surface area contributed by atoms with Crippen LogP contribution in [-0.4, -0.2) is 36.3 Å². The Labute approximate surface area is 125 Å². The number of rotatable bonds is 9. The van der Waals surface area contributed by atoms with Crippen LogP contribution in [0.25, 0.3) is 0 Å². The van der Waals surface area contributed by atoms with E-state index in [1.807, 2.05) is 6.92 Å². The van der Waals surface area contributed by atoms with E-state index in [0.717, 1.165) is 0 Å². The van der Waals surface area contributed by atoms with Crippen LogP contribution in [0, 0.1) is 0 Å². The Morgan fingerprint density at radius 3 is 2.19 bits per heavy atom. The first-order valence-corrected chi connectivity index (χ1v) is 6.88. The predicted molar refractivity (Wildman–Crippen MR) is 83.5 cm³/mol. The maximum atomic E-state index is 12.0. The van der Waals surface area contributed by atoms with Crippen molar-refractivity contribution in [3.63, 3.8) is 0 Å². The Bertz CT molecular complexity index is 495. The van der Waals surface area contributed by atoms with Crippen LogP contribution in [0.2, 0.25) is 0 Å². The van der Waals surface area contributed by atoms with E-state index in [4.69, 9.17) is 4.74 Å². The molecule has 1 amide bonds. The fourth-order valence-corrected chi connectivity index (χ4v) is 1.77. The average molecular weight is 287 g/mol. The highest BCUT2D eigenvalue weighted by molar-refractivity contribution is 5.95. The summed E-state index contributed by atoms with van der Waals surface area (Å²) in [6.45, 7) is 9.91. The van der Waals surface area contributed by atoms with Crippen molar-refractivity contribution >= 4 is 11.7 Å². The second-order valence-electron chi connectivity index (χ2n) is 4.47. The van der Waals surface area contributed by atoms with Gasteiger partial charge in [-0.15, -0.1) is 13.2 Å². The minimum absolute atomic E-state index is 0.0528. The molecule has 112 valence electrons. The molecule has 0 aliphatic heterocycles. The van der Waals surface area contributed by atoms with Gasteiger partial charge in [0.2, 0.25) is 0 Å². The number of hydrogen-bond acceptors (Lipinski definition) is 3. The van der Waals surface area contributed by atoms with Gasteiger partial charge in [0.1, 0.15) is 5.75 Å². The van der Waals surface area contributed by atoms with E-state index in [-0.39, 0.29) is 18.3 Å². The summed E-state index contributed by atoms with van der Waals surface area (Å²) in [7, 11) is 0. The smallest absolute Gasteiger partial charge is 0.261 e. The van der Waals surface area contributed by atoms with E-state index >= 15 is 0 Å². The first-order valence-electron chi connectivity index (χ1n) is 6.88. The van der Waals surface area contributed by atoms with Crippen LogP contribution >= 0.6 is 0 Å². The van der Waals surface area contributed by atoms with Crippen LogP contribution in [0.4, 0.5) is 0 Å². The summed E-state index contributed by atoms with van der Waals surface area (Å²) in [6.07, 6.45) is 3.79. The molecule has 0 aliphatic rings. The van der Waals surface area contributed by atoms with Crippen molar-refractivity contribution in [3.8, 4) is 5.75 Å². The number of hydrogen-bond donors (Lipinski definition) is 0. The van der Waals surface area contributed by atoms with Crippen molar-refractivity contribution in [2.45, 2.75) is 13.3 Å². The molecule has 0 N–H and O–H groups in total. The van der Waals surface area contributed by atoms with E-state index in [2.05, 4.69) is 13.2 Å². The number of nitrogens with zero attached hydrogens (tertiary/aromatic N) is 1. The zero-order valence-electron chi connectivity index (χ0n) is 12.4. The lowest BCUT2D eigenvalue weighted by molar-refractivity contribution is -0.132. The quantitative estimate of drug-likeness (QED) is 0.518. The lowest BCUT2D eigenvalue weighted by Gasteiger charge is -2.19. The van der Waals surface area contributed by atoms with Gasteiger partial charge in [0.15, 0.2) is 12.4 Å². The van der Waals surface area contributed by atoms with Gasteiger partial charge in [0, 0.05) is 25.1 Å². The molecule has 0 spiro atoms. The number of ketones is 1. The highest BCUT2D eigenvalue weighted by atomic mass is 16.5. The van der Waals surface area contributed by atoms with Gasteiger partial charge in [0.25, 0.3) is 5.91 Å². The maximum Gasteiger partial charge on any atom is 0.261 e. The number of amides is 1. The molecule has 0 radical (unpaired) electrons. The summed E-state index contributed by atoms with van der Waals surface area (Å²) >= 11 is 0. The molecule has 1 rings (SSSR count). The predicted octanol–water partition coefficient (Wildman–Crippen LogP) is 2.86. The van der Waals surface area contributed by atoms with Gasteiger partial charge in [-0.25, -0.2) is 0 Å². The van der Waals surface area contributed by atoms with Crippen molar-refractivity contribution in [2.75, 3.05) is 19.7 Å². The van der Waals surface area contributed by atoms with Crippen LogP contribution in [0.15, 0.2) is 49.6 Å². The van der Waals surface area contributed by atoms with Crippen LogP contribution in [0.1, 0.15) is 23.7 Å². The van der Waals surface area contributed by atoms with Crippen molar-refractivity contribution in [3.05, 3.63) is 55.1 Å². The van der Waals surface area contributed by atoms with Crippen molar-refractivity contribution < 1.29 is 14.3 Å². The van der Waals surface area contributed by atoms with Crippen LogP contribution < -0.4 is 4.74 Å². The van der Waals surface area contributed by atoms with Gasteiger partial charge >= 0.3 is 0 Å². The van der Waals surface area contributed by atoms with Gasteiger partial charge in [-0.1, -0.05) is 19.1 Å². The van der Waals surface area contributed by atoms with Gasteiger partial charge in [-0.3, -0.25) is 9.59 Å². The Morgan fingerprint density at radius 1 is 1.14 bits per heavy atom. The second-order valence-corrected chi connectivity index (χ2v) is 4.47. The zero-order chi connectivity index (χ0) is 15.7. The summed E-state index contributed by atoms with van der Waals surface area (Å²) in [4.78, 5) is 25.1. The molecule has 0 atom stereocenters. The number of carbonyl (C=O) groups is 2. The van der Waals surface area contributed by atoms with E-state index in [9.17, 15) is 9.59 Å². The Balaban J connectivity index is 2.57. The third kappa shape index (κ3) is 5.26. The third-order valence-corrected chi connectivity index (χ3v) is 2.91. The first kappa shape index (κ1) is 16.7. The van der Waals surface area contributed by atoms with Gasteiger partial charge in [0.05, 0.1) is 0 Å². The molecule has 0 saturated heterocycles. The second kappa shape index (κ2) is 8.74. The molecule has 0 aliphatic carbocycles. The minimum atomic E-state index is -0.136. The van der Waals surface area contributed by atoms with E-state index < -0.39 is 0 Å². The molecule has 0 unspecified atom stereocenters. The topological polar surface area (TPSA) is 46.6 Å². The molecule has 21 heavy (non-hydrogen) atoms. The van der Waals surface area contributed by atoms with Gasteiger partial charge < -0.3 is 9.64 Å². The largest absolute Gasteiger partial charge is 0.484 e. The lowest BCUT2D eigenvalue weighted by atomic mass is 10.1. The monoisotopic (exact) mass is 287 g/mol. The Morgan fingerprint density at radius 2 is 1.71 bits per heavy atom. The van der Waals surface area contributed by atoms with E-state index in [1.54, 1.807) is 41.3 Å². The molecule has 4 nitrogen and oxygen atoms in total. The summed E-state index contributed by atoms with van der Waals surface area (Å²) in [5, 5.41) is 0. The Kier molecular flexibility index (Phi) is 6.95. The Hall–Kier alpha value is -2.36. The highest BCUT2D eigenvalue weighted by Crippen LogP contribution is 2.13. The van der Waals surface area contributed by atoms with Crippen molar-refractivity contribution in [1.82, 2.24) is 4.90 Å². The maximum absolute atomic E-state index is 12.0. The minimum Gasteiger partial charge on any atom is -0.484 e. The molecular formula is C17H21NO3. The van der Waals surface area contributed by atoms with Gasteiger partial charge in [-0.2, -0.15) is 0 Å². The fourth-order valence-electron chi connectivity index (χ4n) is 1.77. The van der Waals surface area contributed by atoms with Gasteiger partial charge in [-0.05, 0) is 24.3 Å². The molecule has 0 aromatic heterocycles. The SMILES string of the molecule is C=CCN(CC=C)C(=O)COc1ccc(C(=O)CC)cc1. The summed E-state index contributed by atoms with van der Waals surface area (Å²) in [6, 6.07) is 6.80. The fraction of sp³-hybridized carbons (Fsp3) is 0.294. The lowest BCUT2D eigenvalue weighted by Crippen LogP contribution is -2.35.